The van der Waals surface area contributed by atoms with Crippen molar-refractivity contribution in [3.8, 4) is 11.9 Å². The van der Waals surface area contributed by atoms with Crippen molar-refractivity contribution in [2.24, 2.45) is 10.4 Å². The Morgan fingerprint density at radius 1 is 1.18 bits per heavy atom. The fourth-order valence-corrected chi connectivity index (χ4v) is 4.14. The standard InChI is InChI=1S/C25H31N5O4/c1-24(2)13-32-22(33-14-24)25(3)21(31)20(18-11-17(27)9-10-19(18)34-25)30-23(29-15-26)28-12-16-7-5-4-6-8-16/h4-11,20-22,31H,12-14,27H2,1-3H3,(H2,28,29,30)/t20-,21-,25+/m0/s1. The average molecular weight is 466 g/mol. The molecular weight excluding hydrogens is 434 g/mol. The van der Waals surface area contributed by atoms with Gasteiger partial charge in [-0.1, -0.05) is 44.2 Å². The maximum absolute atomic E-state index is 11.6. The second-order valence-electron chi connectivity index (χ2n) is 9.66. The summed E-state index contributed by atoms with van der Waals surface area (Å²) in [4.78, 5) is 4.51. The minimum atomic E-state index is -1.23. The number of fused-ring (bicyclic) bond motifs is 1. The van der Waals surface area contributed by atoms with E-state index in [9.17, 15) is 10.4 Å². The van der Waals surface area contributed by atoms with Crippen LogP contribution in [0.1, 0.15) is 37.9 Å². The van der Waals surface area contributed by atoms with Crippen LogP contribution < -0.4 is 21.1 Å². The van der Waals surface area contributed by atoms with E-state index in [0.717, 1.165) is 5.56 Å². The monoisotopic (exact) mass is 465 g/mol. The van der Waals surface area contributed by atoms with Gasteiger partial charge >= 0.3 is 0 Å². The Hall–Kier alpha value is -3.32. The van der Waals surface area contributed by atoms with Crippen molar-refractivity contribution in [2.45, 2.75) is 51.4 Å². The highest BCUT2D eigenvalue weighted by atomic mass is 16.7. The zero-order valence-corrected chi connectivity index (χ0v) is 19.6. The number of hydrogen-bond donors (Lipinski definition) is 4. The van der Waals surface area contributed by atoms with Gasteiger partial charge in [-0.15, -0.1) is 0 Å². The topological polar surface area (TPSA) is 134 Å². The lowest BCUT2D eigenvalue weighted by Crippen LogP contribution is -2.64. The zero-order chi connectivity index (χ0) is 24.3. The molecule has 0 spiro atoms. The molecule has 0 amide bonds. The van der Waals surface area contributed by atoms with Gasteiger partial charge in [0.2, 0.25) is 5.96 Å². The summed E-state index contributed by atoms with van der Waals surface area (Å²) >= 11 is 0. The van der Waals surface area contributed by atoms with Gasteiger partial charge in [-0.05, 0) is 30.7 Å². The SMILES string of the molecule is CC1(C)COC([C@]2(C)Oc3ccc(N)cc3[C@H](NC(=NCc3ccccc3)NC#N)[C@@H]2O)OC1. The van der Waals surface area contributed by atoms with Gasteiger partial charge in [0, 0.05) is 16.7 Å². The van der Waals surface area contributed by atoms with Crippen LogP contribution in [-0.4, -0.2) is 42.3 Å². The van der Waals surface area contributed by atoms with Crippen LogP contribution in [0.2, 0.25) is 0 Å². The lowest BCUT2D eigenvalue weighted by molar-refractivity contribution is -0.300. The number of anilines is 1. The van der Waals surface area contributed by atoms with Gasteiger partial charge in [-0.2, -0.15) is 5.26 Å². The molecule has 0 unspecified atom stereocenters. The Balaban J connectivity index is 1.65. The van der Waals surface area contributed by atoms with Crippen LogP contribution in [0.5, 0.6) is 5.75 Å². The maximum Gasteiger partial charge on any atom is 0.205 e. The van der Waals surface area contributed by atoms with Crippen molar-refractivity contribution in [3.63, 3.8) is 0 Å². The third-order valence-corrected chi connectivity index (χ3v) is 6.05. The normalized spacial score (nSPS) is 26.6. The van der Waals surface area contributed by atoms with Crippen molar-refractivity contribution in [1.82, 2.24) is 10.6 Å². The highest BCUT2D eigenvalue weighted by Crippen LogP contribution is 2.44. The first-order valence-electron chi connectivity index (χ1n) is 11.2. The number of aliphatic imine (C=N–C) groups is 1. The zero-order valence-electron chi connectivity index (χ0n) is 19.6. The first-order chi connectivity index (χ1) is 16.2. The number of nitriles is 1. The predicted octanol–water partition coefficient (Wildman–Crippen LogP) is 2.44. The van der Waals surface area contributed by atoms with Gasteiger partial charge in [-0.3, -0.25) is 5.32 Å². The van der Waals surface area contributed by atoms with Crippen LogP contribution in [0.4, 0.5) is 5.69 Å². The van der Waals surface area contributed by atoms with Gasteiger partial charge in [-0.25, -0.2) is 4.99 Å². The number of ether oxygens (including phenoxy) is 3. The first-order valence-corrected chi connectivity index (χ1v) is 11.2. The number of nitrogens with zero attached hydrogens (tertiary/aromatic N) is 2. The number of nitrogens with two attached hydrogens (primary N) is 1. The van der Waals surface area contributed by atoms with E-state index in [1.165, 1.54) is 0 Å². The Kier molecular flexibility index (Phi) is 6.66. The summed E-state index contributed by atoms with van der Waals surface area (Å²) < 4.78 is 18.3. The van der Waals surface area contributed by atoms with Crippen LogP contribution in [0.25, 0.3) is 0 Å². The lowest BCUT2D eigenvalue weighted by atomic mass is 9.83. The number of aliphatic hydroxyl groups is 1. The Morgan fingerprint density at radius 3 is 2.56 bits per heavy atom. The second kappa shape index (κ2) is 9.50. The van der Waals surface area contributed by atoms with Gasteiger partial charge in [0.1, 0.15) is 11.9 Å². The largest absolute Gasteiger partial charge is 0.479 e. The highest BCUT2D eigenvalue weighted by Gasteiger charge is 2.54. The maximum atomic E-state index is 11.6. The molecule has 2 heterocycles. The van der Waals surface area contributed by atoms with Crippen molar-refractivity contribution in [1.29, 1.82) is 5.26 Å². The molecule has 0 aliphatic carbocycles. The molecule has 1 fully saturated rings. The number of benzene rings is 2. The van der Waals surface area contributed by atoms with Gasteiger partial charge in [0.15, 0.2) is 18.1 Å². The summed E-state index contributed by atoms with van der Waals surface area (Å²) in [6, 6.07) is 14.2. The lowest BCUT2D eigenvalue weighted by Gasteiger charge is -2.49. The fraction of sp³-hybridized carbons (Fsp3) is 0.440. The molecule has 1 saturated heterocycles. The molecule has 9 heteroatoms. The number of nitrogen functional groups attached to an aromatic ring is 1. The van der Waals surface area contributed by atoms with E-state index in [-0.39, 0.29) is 11.4 Å². The highest BCUT2D eigenvalue weighted by molar-refractivity contribution is 5.82. The number of hydrogen-bond acceptors (Lipinski definition) is 7. The van der Waals surface area contributed by atoms with E-state index < -0.39 is 24.0 Å². The predicted molar refractivity (Wildman–Crippen MR) is 128 cm³/mol. The molecule has 2 aliphatic heterocycles. The van der Waals surface area contributed by atoms with E-state index in [2.05, 4.69) is 29.5 Å². The minimum absolute atomic E-state index is 0.134. The molecule has 3 atom stereocenters. The number of aliphatic hydroxyl groups excluding tert-OH is 1. The molecule has 34 heavy (non-hydrogen) atoms. The molecule has 0 radical (unpaired) electrons. The molecule has 0 bridgehead atoms. The van der Waals surface area contributed by atoms with E-state index in [4.69, 9.17) is 19.9 Å². The summed E-state index contributed by atoms with van der Waals surface area (Å²) in [5.41, 5.74) is 6.83. The number of rotatable bonds is 4. The van der Waals surface area contributed by atoms with Crippen LogP contribution in [0.15, 0.2) is 53.5 Å². The van der Waals surface area contributed by atoms with Crippen LogP contribution in [0.3, 0.4) is 0 Å². The summed E-state index contributed by atoms with van der Waals surface area (Å²) in [6.45, 7) is 7.14. The van der Waals surface area contributed by atoms with Gasteiger partial charge < -0.3 is 30.4 Å². The average Bonchev–Trinajstić information content (AvgIpc) is 2.81. The molecule has 2 aromatic rings. The molecule has 2 aromatic carbocycles. The molecule has 5 N–H and O–H groups in total. The van der Waals surface area contributed by atoms with Crippen LogP contribution in [0, 0.1) is 16.9 Å². The molecular formula is C25H31N5O4. The minimum Gasteiger partial charge on any atom is -0.479 e. The summed E-state index contributed by atoms with van der Waals surface area (Å²) in [6.07, 6.45) is -0.00109. The third kappa shape index (κ3) is 4.94. The molecule has 180 valence electrons. The molecule has 9 nitrogen and oxygen atoms in total. The summed E-state index contributed by atoms with van der Waals surface area (Å²) in [5, 5.41) is 26.6. The van der Waals surface area contributed by atoms with E-state index >= 15 is 0 Å². The quantitative estimate of drug-likeness (QED) is 0.178. The molecule has 0 aromatic heterocycles. The summed E-state index contributed by atoms with van der Waals surface area (Å²) in [5.74, 6) is 0.760. The Bertz CT molecular complexity index is 1070. The van der Waals surface area contributed by atoms with Crippen molar-refractivity contribution < 1.29 is 19.3 Å². The molecule has 2 aliphatic rings. The molecule has 0 saturated carbocycles. The summed E-state index contributed by atoms with van der Waals surface area (Å²) in [7, 11) is 0. The van der Waals surface area contributed by atoms with Crippen LogP contribution in [-0.2, 0) is 16.0 Å². The van der Waals surface area contributed by atoms with E-state index in [1.54, 1.807) is 25.1 Å². The molecule has 4 rings (SSSR count). The Morgan fingerprint density at radius 2 is 1.88 bits per heavy atom. The van der Waals surface area contributed by atoms with Crippen LogP contribution >= 0.6 is 0 Å². The van der Waals surface area contributed by atoms with Gasteiger partial charge in [0.25, 0.3) is 0 Å². The Labute approximate surface area is 199 Å². The first kappa shape index (κ1) is 23.8. The van der Waals surface area contributed by atoms with Gasteiger partial charge in [0.05, 0.1) is 25.8 Å². The smallest absolute Gasteiger partial charge is 0.205 e. The van der Waals surface area contributed by atoms with Crippen molar-refractivity contribution >= 4 is 11.6 Å². The number of nitrogens with one attached hydrogen (secondary N) is 2. The third-order valence-electron chi connectivity index (χ3n) is 6.05. The van der Waals surface area contributed by atoms with Crippen molar-refractivity contribution in [3.05, 3.63) is 59.7 Å². The van der Waals surface area contributed by atoms with Crippen molar-refractivity contribution in [2.75, 3.05) is 18.9 Å². The van der Waals surface area contributed by atoms with E-state index in [0.29, 0.717) is 36.8 Å². The number of guanidine groups is 1. The van der Waals surface area contributed by atoms with E-state index in [1.807, 2.05) is 36.5 Å². The second-order valence-corrected chi connectivity index (χ2v) is 9.66. The fourth-order valence-electron chi connectivity index (χ4n) is 4.14.